The second-order valence-corrected chi connectivity index (χ2v) is 18.5. The molecule has 0 rings (SSSR count). The maximum Gasteiger partial charge on any atom is 0.306 e. The van der Waals surface area contributed by atoms with Crippen LogP contribution in [0.25, 0.3) is 0 Å². The number of hydrogen-bond donors (Lipinski definition) is 0. The van der Waals surface area contributed by atoms with Crippen molar-refractivity contribution in [2.45, 2.75) is 277 Å². The molecular formula is C60H104O6. The summed E-state index contributed by atoms with van der Waals surface area (Å²) in [7, 11) is 0. The molecule has 1 atom stereocenters. The minimum atomic E-state index is -0.789. The summed E-state index contributed by atoms with van der Waals surface area (Å²) >= 11 is 0. The number of esters is 3. The van der Waals surface area contributed by atoms with Gasteiger partial charge < -0.3 is 14.2 Å². The normalized spacial score (nSPS) is 12.6. The topological polar surface area (TPSA) is 78.9 Å². The van der Waals surface area contributed by atoms with Crippen LogP contribution in [0.2, 0.25) is 0 Å². The number of hydrogen-bond acceptors (Lipinski definition) is 6. The Kier molecular flexibility index (Phi) is 51.9. The van der Waals surface area contributed by atoms with E-state index in [1.807, 2.05) is 0 Å². The van der Waals surface area contributed by atoms with Crippen LogP contribution in [0, 0.1) is 0 Å². The third kappa shape index (κ3) is 51.8. The molecule has 0 aromatic heterocycles. The highest BCUT2D eigenvalue weighted by molar-refractivity contribution is 5.71. The van der Waals surface area contributed by atoms with Gasteiger partial charge in [-0.3, -0.25) is 14.4 Å². The summed E-state index contributed by atoms with van der Waals surface area (Å²) < 4.78 is 16.8. The maximum atomic E-state index is 12.8. The second-order valence-electron chi connectivity index (χ2n) is 18.5. The molecule has 0 aliphatic rings. The average Bonchev–Trinajstić information content (AvgIpc) is 3.31. The van der Waals surface area contributed by atoms with Crippen molar-refractivity contribution in [1.82, 2.24) is 0 Å². The van der Waals surface area contributed by atoms with E-state index >= 15 is 0 Å². The van der Waals surface area contributed by atoms with E-state index < -0.39 is 6.10 Å². The third-order valence-electron chi connectivity index (χ3n) is 11.9. The molecule has 0 amide bonds. The van der Waals surface area contributed by atoms with E-state index in [-0.39, 0.29) is 31.1 Å². The van der Waals surface area contributed by atoms with E-state index in [2.05, 4.69) is 93.7 Å². The Labute approximate surface area is 408 Å². The lowest BCUT2D eigenvalue weighted by molar-refractivity contribution is -0.167. The van der Waals surface area contributed by atoms with Crippen LogP contribution in [0.3, 0.4) is 0 Å². The number of allylic oxidation sites excluding steroid dienone is 12. The van der Waals surface area contributed by atoms with Crippen molar-refractivity contribution in [3.05, 3.63) is 72.9 Å². The minimum absolute atomic E-state index is 0.0875. The largest absolute Gasteiger partial charge is 0.462 e. The van der Waals surface area contributed by atoms with Crippen LogP contribution in [-0.4, -0.2) is 37.2 Å². The van der Waals surface area contributed by atoms with E-state index in [1.54, 1.807) is 0 Å². The lowest BCUT2D eigenvalue weighted by Crippen LogP contribution is -2.30. The van der Waals surface area contributed by atoms with Gasteiger partial charge in [-0.15, -0.1) is 0 Å². The van der Waals surface area contributed by atoms with Crippen molar-refractivity contribution in [3.63, 3.8) is 0 Å². The fraction of sp³-hybridized carbons (Fsp3) is 0.750. The number of unbranched alkanes of at least 4 members (excludes halogenated alkanes) is 27. The smallest absolute Gasteiger partial charge is 0.306 e. The fourth-order valence-corrected chi connectivity index (χ4v) is 7.70. The summed E-state index contributed by atoms with van der Waals surface area (Å²) in [6, 6.07) is 0. The lowest BCUT2D eigenvalue weighted by Gasteiger charge is -2.18. The quantitative estimate of drug-likeness (QED) is 0.0262. The van der Waals surface area contributed by atoms with Crippen LogP contribution in [0.4, 0.5) is 0 Å². The van der Waals surface area contributed by atoms with Crippen molar-refractivity contribution in [2.75, 3.05) is 13.2 Å². The SMILES string of the molecule is CC/C=C\C/C=C\C/C=C\C/C=C\CCCCCCCCC(=O)OCC(COC(=O)CCCCCCC/C=C\CCCC)OC(=O)CCCCCCC/C=C\CCCCCCCCCCC. The summed E-state index contributed by atoms with van der Waals surface area (Å²) in [5.41, 5.74) is 0. The Morgan fingerprint density at radius 3 is 0.985 bits per heavy atom. The summed E-state index contributed by atoms with van der Waals surface area (Å²) in [6.07, 6.45) is 68.9. The highest BCUT2D eigenvalue weighted by atomic mass is 16.6. The van der Waals surface area contributed by atoms with Gasteiger partial charge >= 0.3 is 17.9 Å². The molecule has 0 bridgehead atoms. The molecule has 0 fully saturated rings. The average molecular weight is 921 g/mol. The first-order valence-corrected chi connectivity index (χ1v) is 27.9. The van der Waals surface area contributed by atoms with Gasteiger partial charge in [-0.05, 0) is 103 Å². The van der Waals surface area contributed by atoms with Crippen LogP contribution < -0.4 is 0 Å². The van der Waals surface area contributed by atoms with Crippen LogP contribution in [0.1, 0.15) is 271 Å². The molecule has 1 unspecified atom stereocenters. The summed E-state index contributed by atoms with van der Waals surface area (Å²) in [5.74, 6) is -0.914. The first kappa shape index (κ1) is 62.8. The summed E-state index contributed by atoms with van der Waals surface area (Å²) in [5, 5.41) is 0. The highest BCUT2D eigenvalue weighted by Crippen LogP contribution is 2.15. The van der Waals surface area contributed by atoms with Gasteiger partial charge in [-0.1, -0.05) is 222 Å². The first-order chi connectivity index (χ1) is 32.5. The monoisotopic (exact) mass is 921 g/mol. The predicted molar refractivity (Wildman–Crippen MR) is 284 cm³/mol. The molecule has 0 radical (unpaired) electrons. The molecule has 66 heavy (non-hydrogen) atoms. The molecule has 0 spiro atoms. The van der Waals surface area contributed by atoms with Crippen molar-refractivity contribution in [1.29, 1.82) is 0 Å². The van der Waals surface area contributed by atoms with Gasteiger partial charge in [0.1, 0.15) is 13.2 Å². The Morgan fingerprint density at radius 2 is 0.606 bits per heavy atom. The van der Waals surface area contributed by atoms with E-state index in [0.717, 1.165) is 109 Å². The van der Waals surface area contributed by atoms with Gasteiger partial charge in [-0.25, -0.2) is 0 Å². The molecule has 6 heteroatoms. The standard InChI is InChI=1S/C60H104O6/c1-4-7-10-13-16-19-22-24-26-28-30-32-33-35-38-41-44-47-50-53-59(62)65-56-57(55-64-58(61)52-49-46-43-40-37-21-18-15-12-9-6-3)66-60(63)54-51-48-45-42-39-36-34-31-29-27-25-23-20-17-14-11-8-5-2/h7,10,15-16,18-19,24,26,30-32,34,57H,4-6,8-9,11-14,17,20-23,25,27-29,33,35-56H2,1-3H3/b10-7-,18-15-,19-16-,26-24-,32-30-,34-31-. The molecule has 0 saturated heterocycles. The maximum absolute atomic E-state index is 12.8. The zero-order chi connectivity index (χ0) is 47.9. The van der Waals surface area contributed by atoms with Crippen molar-refractivity contribution >= 4 is 17.9 Å². The van der Waals surface area contributed by atoms with Gasteiger partial charge in [0, 0.05) is 19.3 Å². The van der Waals surface area contributed by atoms with Crippen LogP contribution >= 0.6 is 0 Å². The van der Waals surface area contributed by atoms with Gasteiger partial charge in [0.2, 0.25) is 0 Å². The van der Waals surface area contributed by atoms with Crippen molar-refractivity contribution in [3.8, 4) is 0 Å². The molecule has 0 aromatic carbocycles. The van der Waals surface area contributed by atoms with Crippen LogP contribution in [0.5, 0.6) is 0 Å². The van der Waals surface area contributed by atoms with E-state index in [4.69, 9.17) is 14.2 Å². The van der Waals surface area contributed by atoms with E-state index in [0.29, 0.717) is 19.3 Å². The number of carbonyl (C=O) groups excluding carboxylic acids is 3. The van der Waals surface area contributed by atoms with Crippen molar-refractivity contribution in [2.24, 2.45) is 0 Å². The van der Waals surface area contributed by atoms with Gasteiger partial charge in [0.05, 0.1) is 0 Å². The molecular weight excluding hydrogens is 817 g/mol. The van der Waals surface area contributed by atoms with Crippen molar-refractivity contribution < 1.29 is 28.6 Å². The third-order valence-corrected chi connectivity index (χ3v) is 11.9. The Bertz CT molecular complexity index is 1240. The van der Waals surface area contributed by atoms with Gasteiger partial charge in [-0.2, -0.15) is 0 Å². The van der Waals surface area contributed by atoms with E-state index in [1.165, 1.54) is 122 Å². The lowest BCUT2D eigenvalue weighted by atomic mass is 10.1. The molecule has 0 aliphatic heterocycles. The number of carbonyl (C=O) groups is 3. The molecule has 380 valence electrons. The predicted octanol–water partition coefficient (Wildman–Crippen LogP) is 18.6. The molecule has 0 heterocycles. The van der Waals surface area contributed by atoms with E-state index in [9.17, 15) is 14.4 Å². The zero-order valence-electron chi connectivity index (χ0n) is 43.4. The molecule has 0 saturated carbocycles. The number of ether oxygens (including phenoxy) is 3. The minimum Gasteiger partial charge on any atom is -0.462 e. The van der Waals surface area contributed by atoms with Gasteiger partial charge in [0.15, 0.2) is 6.10 Å². The first-order valence-electron chi connectivity index (χ1n) is 27.9. The summed E-state index contributed by atoms with van der Waals surface area (Å²) in [4.78, 5) is 38.1. The highest BCUT2D eigenvalue weighted by Gasteiger charge is 2.19. The van der Waals surface area contributed by atoms with Crippen LogP contribution in [-0.2, 0) is 28.6 Å². The van der Waals surface area contributed by atoms with Gasteiger partial charge in [0.25, 0.3) is 0 Å². The zero-order valence-corrected chi connectivity index (χ0v) is 43.4. The number of rotatable bonds is 50. The Morgan fingerprint density at radius 1 is 0.318 bits per heavy atom. The Balaban J connectivity index is 4.38. The molecule has 0 N–H and O–H groups in total. The van der Waals surface area contributed by atoms with Crippen LogP contribution in [0.15, 0.2) is 72.9 Å². The molecule has 0 aromatic rings. The molecule has 0 aliphatic carbocycles. The second kappa shape index (κ2) is 54.5. The Hall–Kier alpha value is -3.15. The molecule has 6 nitrogen and oxygen atoms in total. The summed E-state index contributed by atoms with van der Waals surface area (Å²) in [6.45, 7) is 6.48. The fourth-order valence-electron chi connectivity index (χ4n) is 7.70.